The molecule has 0 spiro atoms. The van der Waals surface area contributed by atoms with Crippen molar-refractivity contribution in [2.45, 2.75) is 33.1 Å². The van der Waals surface area contributed by atoms with Crippen LogP contribution in [0.5, 0.6) is 0 Å². The summed E-state index contributed by atoms with van der Waals surface area (Å²) in [6.45, 7) is 7.31. The monoisotopic (exact) mass is 191 g/mol. The van der Waals surface area contributed by atoms with Crippen LogP contribution in [-0.4, -0.2) is 18.9 Å². The van der Waals surface area contributed by atoms with E-state index in [2.05, 4.69) is 49.9 Å². The van der Waals surface area contributed by atoms with E-state index in [1.54, 1.807) is 0 Å². The molecule has 76 valence electrons. The van der Waals surface area contributed by atoms with Gasteiger partial charge in [0.15, 0.2) is 0 Å². The van der Waals surface area contributed by atoms with Crippen LogP contribution in [-0.2, 0) is 4.74 Å². The van der Waals surface area contributed by atoms with Crippen molar-refractivity contribution in [1.29, 1.82) is 0 Å². The van der Waals surface area contributed by atoms with Gasteiger partial charge in [-0.1, -0.05) is 17.7 Å². The molecule has 0 bridgehead atoms. The third-order valence-corrected chi connectivity index (χ3v) is 2.69. The van der Waals surface area contributed by atoms with Crippen LogP contribution in [0, 0.1) is 6.92 Å². The molecule has 2 heteroatoms. The summed E-state index contributed by atoms with van der Waals surface area (Å²) < 4.78 is 5.68. The smallest absolute Gasteiger partial charge is 0.127 e. The maximum atomic E-state index is 5.68. The van der Waals surface area contributed by atoms with Gasteiger partial charge in [-0.2, -0.15) is 0 Å². The van der Waals surface area contributed by atoms with E-state index < -0.39 is 0 Å². The Morgan fingerprint density at radius 2 is 1.86 bits per heavy atom. The summed E-state index contributed by atoms with van der Waals surface area (Å²) in [4.78, 5) is 2.30. The van der Waals surface area contributed by atoms with Crippen LogP contribution >= 0.6 is 0 Å². The van der Waals surface area contributed by atoms with Crippen molar-refractivity contribution in [2.75, 3.05) is 11.4 Å². The molecule has 0 aromatic heterocycles. The van der Waals surface area contributed by atoms with Gasteiger partial charge in [0.05, 0.1) is 6.10 Å². The summed E-state index contributed by atoms with van der Waals surface area (Å²) in [6, 6.07) is 8.61. The summed E-state index contributed by atoms with van der Waals surface area (Å²) in [7, 11) is 0. The predicted molar refractivity (Wildman–Crippen MR) is 58.5 cm³/mol. The molecule has 2 atom stereocenters. The predicted octanol–water partition coefficient (Wildman–Crippen LogP) is 2.57. The fourth-order valence-electron chi connectivity index (χ4n) is 1.93. The lowest BCUT2D eigenvalue weighted by Crippen LogP contribution is -2.27. The Balaban J connectivity index is 2.19. The van der Waals surface area contributed by atoms with Gasteiger partial charge in [0, 0.05) is 12.2 Å². The Morgan fingerprint density at radius 1 is 1.21 bits per heavy atom. The standard InChI is InChI=1S/C12H17NO/c1-9-4-6-12(7-5-9)13-8-10(2)14-11(13)3/h4-7,10-11H,8H2,1-3H3/t10-,11+/m0/s1. The van der Waals surface area contributed by atoms with E-state index in [-0.39, 0.29) is 6.23 Å². The topological polar surface area (TPSA) is 12.5 Å². The minimum atomic E-state index is 0.202. The fraction of sp³-hybridized carbons (Fsp3) is 0.500. The highest BCUT2D eigenvalue weighted by Crippen LogP contribution is 2.24. The molecule has 0 radical (unpaired) electrons. The first-order valence-corrected chi connectivity index (χ1v) is 5.15. The molecular weight excluding hydrogens is 174 g/mol. The van der Waals surface area contributed by atoms with Gasteiger partial charge in [0.25, 0.3) is 0 Å². The summed E-state index contributed by atoms with van der Waals surface area (Å²) in [5, 5.41) is 0. The maximum Gasteiger partial charge on any atom is 0.127 e. The number of hydrogen-bond acceptors (Lipinski definition) is 2. The first-order valence-electron chi connectivity index (χ1n) is 5.15. The van der Waals surface area contributed by atoms with Crippen molar-refractivity contribution in [1.82, 2.24) is 0 Å². The lowest BCUT2D eigenvalue weighted by Gasteiger charge is -2.21. The maximum absolute atomic E-state index is 5.68. The largest absolute Gasteiger partial charge is 0.354 e. The zero-order valence-corrected chi connectivity index (χ0v) is 9.03. The van der Waals surface area contributed by atoms with E-state index in [1.165, 1.54) is 11.3 Å². The van der Waals surface area contributed by atoms with Gasteiger partial charge in [-0.25, -0.2) is 0 Å². The molecule has 1 fully saturated rings. The quantitative estimate of drug-likeness (QED) is 0.676. The van der Waals surface area contributed by atoms with Crippen molar-refractivity contribution in [3.63, 3.8) is 0 Å². The van der Waals surface area contributed by atoms with Crippen LogP contribution in [0.25, 0.3) is 0 Å². The summed E-state index contributed by atoms with van der Waals surface area (Å²) in [5.74, 6) is 0. The number of hydrogen-bond donors (Lipinski definition) is 0. The van der Waals surface area contributed by atoms with E-state index in [9.17, 15) is 0 Å². The normalized spacial score (nSPS) is 26.9. The van der Waals surface area contributed by atoms with Gasteiger partial charge in [-0.15, -0.1) is 0 Å². The van der Waals surface area contributed by atoms with Crippen molar-refractivity contribution in [2.24, 2.45) is 0 Å². The highest BCUT2D eigenvalue weighted by molar-refractivity contribution is 5.48. The van der Waals surface area contributed by atoms with E-state index in [0.29, 0.717) is 6.10 Å². The molecule has 2 nitrogen and oxygen atoms in total. The Labute approximate surface area is 85.5 Å². The second-order valence-corrected chi connectivity index (χ2v) is 4.03. The molecule has 1 saturated heterocycles. The van der Waals surface area contributed by atoms with Gasteiger partial charge >= 0.3 is 0 Å². The third-order valence-electron chi connectivity index (χ3n) is 2.69. The van der Waals surface area contributed by atoms with Crippen LogP contribution in [0.1, 0.15) is 19.4 Å². The van der Waals surface area contributed by atoms with E-state index in [1.807, 2.05) is 0 Å². The minimum Gasteiger partial charge on any atom is -0.354 e. The minimum absolute atomic E-state index is 0.202. The number of rotatable bonds is 1. The SMILES string of the molecule is Cc1ccc(N2C[C@H](C)O[C@@H]2C)cc1. The zero-order chi connectivity index (χ0) is 10.1. The number of benzene rings is 1. The second kappa shape index (κ2) is 3.62. The lowest BCUT2D eigenvalue weighted by atomic mass is 10.2. The molecule has 0 amide bonds. The van der Waals surface area contributed by atoms with E-state index >= 15 is 0 Å². The molecule has 1 aromatic rings. The summed E-state index contributed by atoms with van der Waals surface area (Å²) in [6.07, 6.45) is 0.541. The molecule has 0 saturated carbocycles. The Kier molecular flexibility index (Phi) is 2.46. The first kappa shape index (κ1) is 9.53. The average molecular weight is 191 g/mol. The van der Waals surface area contributed by atoms with Crippen LogP contribution in [0.2, 0.25) is 0 Å². The molecule has 0 unspecified atom stereocenters. The molecule has 1 aliphatic rings. The zero-order valence-electron chi connectivity index (χ0n) is 9.03. The molecule has 1 heterocycles. The van der Waals surface area contributed by atoms with Gasteiger partial charge < -0.3 is 9.64 Å². The Hall–Kier alpha value is -1.02. The van der Waals surface area contributed by atoms with Gasteiger partial charge in [0.2, 0.25) is 0 Å². The molecule has 14 heavy (non-hydrogen) atoms. The summed E-state index contributed by atoms with van der Waals surface area (Å²) in [5.41, 5.74) is 2.56. The Morgan fingerprint density at radius 3 is 2.36 bits per heavy atom. The molecule has 0 aliphatic carbocycles. The van der Waals surface area contributed by atoms with Crippen LogP contribution in [0.3, 0.4) is 0 Å². The number of nitrogens with zero attached hydrogens (tertiary/aromatic N) is 1. The molecule has 1 aliphatic heterocycles. The number of ether oxygens (including phenoxy) is 1. The molecule has 2 rings (SSSR count). The van der Waals surface area contributed by atoms with Crippen LogP contribution < -0.4 is 4.90 Å². The van der Waals surface area contributed by atoms with Crippen molar-refractivity contribution < 1.29 is 4.74 Å². The second-order valence-electron chi connectivity index (χ2n) is 4.03. The number of aryl methyl sites for hydroxylation is 1. The van der Waals surface area contributed by atoms with Gasteiger partial charge in [-0.05, 0) is 32.9 Å². The molecule has 1 aromatic carbocycles. The summed E-state index contributed by atoms with van der Waals surface area (Å²) >= 11 is 0. The van der Waals surface area contributed by atoms with Crippen molar-refractivity contribution in [3.05, 3.63) is 29.8 Å². The van der Waals surface area contributed by atoms with Gasteiger partial charge in [-0.3, -0.25) is 0 Å². The lowest BCUT2D eigenvalue weighted by molar-refractivity contribution is 0.0706. The Bertz CT molecular complexity index is 307. The number of anilines is 1. The first-order chi connectivity index (χ1) is 6.66. The van der Waals surface area contributed by atoms with Crippen LogP contribution in [0.4, 0.5) is 5.69 Å². The van der Waals surface area contributed by atoms with Gasteiger partial charge in [0.1, 0.15) is 6.23 Å². The van der Waals surface area contributed by atoms with Crippen molar-refractivity contribution in [3.8, 4) is 0 Å². The van der Waals surface area contributed by atoms with Crippen molar-refractivity contribution >= 4 is 5.69 Å². The van der Waals surface area contributed by atoms with E-state index in [0.717, 1.165) is 6.54 Å². The highest BCUT2D eigenvalue weighted by Gasteiger charge is 2.26. The van der Waals surface area contributed by atoms with Crippen LogP contribution in [0.15, 0.2) is 24.3 Å². The molecule has 0 N–H and O–H groups in total. The van der Waals surface area contributed by atoms with E-state index in [4.69, 9.17) is 4.74 Å². The highest BCUT2D eigenvalue weighted by atomic mass is 16.5. The molecular formula is C12H17NO. The third kappa shape index (κ3) is 1.75. The fourth-order valence-corrected chi connectivity index (χ4v) is 1.93. The average Bonchev–Trinajstić information content (AvgIpc) is 2.47.